The normalized spacial score (nSPS) is 13.5. The van der Waals surface area contributed by atoms with Crippen LogP contribution in [0.4, 0.5) is 0 Å². The molecule has 0 aliphatic heterocycles. The minimum atomic E-state index is 0.598. The number of nitrogens with one attached hydrogen (secondary N) is 1. The molecule has 0 rings (SSSR count). The van der Waals surface area contributed by atoms with Crippen molar-refractivity contribution in [1.29, 1.82) is 0 Å². The van der Waals surface area contributed by atoms with E-state index in [9.17, 15) is 0 Å². The van der Waals surface area contributed by atoms with Crippen LogP contribution in [0.25, 0.3) is 0 Å². The molecule has 0 aromatic heterocycles. The molecule has 1 unspecified atom stereocenters. The third kappa shape index (κ3) is 8.52. The second-order valence-electron chi connectivity index (χ2n) is 4.24. The highest BCUT2D eigenvalue weighted by Gasteiger charge is 2.06. The van der Waals surface area contributed by atoms with Crippen molar-refractivity contribution in [2.75, 3.05) is 19.8 Å². The largest absolute Gasteiger partial charge is 0.381 e. The van der Waals surface area contributed by atoms with Gasteiger partial charge in [0.1, 0.15) is 0 Å². The van der Waals surface area contributed by atoms with E-state index in [1.807, 2.05) is 0 Å². The minimum absolute atomic E-state index is 0.598. The Balaban J connectivity index is 3.38. The van der Waals surface area contributed by atoms with Crippen LogP contribution in [-0.2, 0) is 4.74 Å². The molecule has 0 spiro atoms. The van der Waals surface area contributed by atoms with Crippen LogP contribution in [0.3, 0.4) is 0 Å². The third-order valence-corrected chi connectivity index (χ3v) is 2.41. The molecule has 2 nitrogen and oxygen atoms in total. The first-order valence-corrected chi connectivity index (χ1v) is 6.01. The van der Waals surface area contributed by atoms with Gasteiger partial charge in [-0.05, 0) is 25.3 Å². The lowest BCUT2D eigenvalue weighted by atomic mass is 10.0. The van der Waals surface area contributed by atoms with Crippen molar-refractivity contribution in [3.8, 4) is 0 Å². The van der Waals surface area contributed by atoms with Crippen LogP contribution in [0.5, 0.6) is 0 Å². The van der Waals surface area contributed by atoms with Crippen molar-refractivity contribution in [2.45, 2.75) is 53.0 Å². The number of rotatable bonds is 9. The Morgan fingerprint density at radius 1 is 1.14 bits per heavy atom. The molecule has 0 aromatic carbocycles. The molecule has 0 bridgehead atoms. The van der Waals surface area contributed by atoms with Crippen LogP contribution in [-0.4, -0.2) is 25.8 Å². The van der Waals surface area contributed by atoms with Gasteiger partial charge in [-0.15, -0.1) is 0 Å². The molecule has 2 heteroatoms. The van der Waals surface area contributed by atoms with Crippen LogP contribution in [0.2, 0.25) is 0 Å². The second kappa shape index (κ2) is 9.47. The zero-order valence-corrected chi connectivity index (χ0v) is 10.3. The van der Waals surface area contributed by atoms with Crippen molar-refractivity contribution in [2.24, 2.45) is 5.92 Å². The molecule has 0 aromatic rings. The van der Waals surface area contributed by atoms with Gasteiger partial charge in [-0.2, -0.15) is 0 Å². The van der Waals surface area contributed by atoms with Crippen LogP contribution >= 0.6 is 0 Å². The van der Waals surface area contributed by atoms with Gasteiger partial charge >= 0.3 is 0 Å². The third-order valence-electron chi connectivity index (χ3n) is 2.41. The summed E-state index contributed by atoms with van der Waals surface area (Å²) in [7, 11) is 0. The van der Waals surface area contributed by atoms with Crippen LogP contribution in [0, 0.1) is 5.92 Å². The Morgan fingerprint density at radius 2 is 1.86 bits per heavy atom. The zero-order chi connectivity index (χ0) is 10.8. The Morgan fingerprint density at radius 3 is 2.36 bits per heavy atom. The Hall–Kier alpha value is -0.0800. The van der Waals surface area contributed by atoms with E-state index in [1.54, 1.807) is 0 Å². The fourth-order valence-electron chi connectivity index (χ4n) is 1.35. The van der Waals surface area contributed by atoms with Crippen molar-refractivity contribution in [3.63, 3.8) is 0 Å². The first-order chi connectivity index (χ1) is 6.70. The molecule has 14 heavy (non-hydrogen) atoms. The molecule has 0 radical (unpaired) electrons. The lowest BCUT2D eigenvalue weighted by Gasteiger charge is -2.17. The zero-order valence-electron chi connectivity index (χ0n) is 10.3. The van der Waals surface area contributed by atoms with E-state index in [0.717, 1.165) is 32.1 Å². The Kier molecular flexibility index (Phi) is 9.42. The van der Waals surface area contributed by atoms with Crippen LogP contribution in [0.15, 0.2) is 0 Å². The minimum Gasteiger partial charge on any atom is -0.381 e. The Bertz CT molecular complexity index is 115. The maximum atomic E-state index is 5.49. The van der Waals surface area contributed by atoms with Gasteiger partial charge in [0.25, 0.3) is 0 Å². The average Bonchev–Trinajstić information content (AvgIpc) is 2.16. The van der Waals surface area contributed by atoms with Crippen LogP contribution in [0.1, 0.15) is 47.0 Å². The van der Waals surface area contributed by atoms with Crippen molar-refractivity contribution in [1.82, 2.24) is 5.32 Å². The van der Waals surface area contributed by atoms with E-state index in [1.165, 1.54) is 12.8 Å². The average molecular weight is 201 g/mol. The number of ether oxygens (including phenoxy) is 1. The maximum Gasteiger partial charge on any atom is 0.0469 e. The highest BCUT2D eigenvalue weighted by Crippen LogP contribution is 2.07. The molecule has 86 valence electrons. The van der Waals surface area contributed by atoms with Gasteiger partial charge in [-0.1, -0.05) is 34.1 Å². The summed E-state index contributed by atoms with van der Waals surface area (Å²) in [5.74, 6) is 0.772. The second-order valence-corrected chi connectivity index (χ2v) is 4.24. The topological polar surface area (TPSA) is 21.3 Å². The van der Waals surface area contributed by atoms with E-state index in [-0.39, 0.29) is 0 Å². The summed E-state index contributed by atoms with van der Waals surface area (Å²) in [5, 5.41) is 3.48. The molecular weight excluding hydrogens is 174 g/mol. The van der Waals surface area contributed by atoms with Gasteiger partial charge in [0.2, 0.25) is 0 Å². The first kappa shape index (κ1) is 13.9. The van der Waals surface area contributed by atoms with E-state index in [4.69, 9.17) is 4.74 Å². The van der Waals surface area contributed by atoms with Gasteiger partial charge in [-0.25, -0.2) is 0 Å². The summed E-state index contributed by atoms with van der Waals surface area (Å²) in [5.41, 5.74) is 0. The summed E-state index contributed by atoms with van der Waals surface area (Å²) >= 11 is 0. The molecule has 0 aliphatic carbocycles. The monoisotopic (exact) mass is 201 g/mol. The summed E-state index contributed by atoms with van der Waals surface area (Å²) < 4.78 is 5.49. The summed E-state index contributed by atoms with van der Waals surface area (Å²) in [6, 6.07) is 0.598. The predicted octanol–water partition coefficient (Wildman–Crippen LogP) is 2.83. The highest BCUT2D eigenvalue weighted by atomic mass is 16.5. The van der Waals surface area contributed by atoms with Crippen LogP contribution < -0.4 is 5.32 Å². The van der Waals surface area contributed by atoms with Crippen molar-refractivity contribution in [3.05, 3.63) is 0 Å². The fourth-order valence-corrected chi connectivity index (χ4v) is 1.35. The molecule has 1 atom stereocenters. The van der Waals surface area contributed by atoms with E-state index >= 15 is 0 Å². The number of hydrogen-bond acceptors (Lipinski definition) is 2. The van der Waals surface area contributed by atoms with Crippen molar-refractivity contribution < 1.29 is 4.74 Å². The molecule has 0 fully saturated rings. The van der Waals surface area contributed by atoms with Gasteiger partial charge in [-0.3, -0.25) is 0 Å². The van der Waals surface area contributed by atoms with E-state index in [0.29, 0.717) is 6.04 Å². The standard InChI is InChI=1S/C12H27NO/c1-5-8-14-9-7-12(6-2)10-13-11(3)4/h11-13H,5-10H2,1-4H3. The smallest absolute Gasteiger partial charge is 0.0469 e. The highest BCUT2D eigenvalue weighted by molar-refractivity contribution is 4.62. The van der Waals surface area contributed by atoms with Gasteiger partial charge in [0.15, 0.2) is 0 Å². The molecule has 0 saturated heterocycles. The molecule has 0 amide bonds. The predicted molar refractivity (Wildman–Crippen MR) is 62.6 cm³/mol. The van der Waals surface area contributed by atoms with Gasteiger partial charge in [0, 0.05) is 19.3 Å². The van der Waals surface area contributed by atoms with Gasteiger partial charge < -0.3 is 10.1 Å². The molecule has 1 N–H and O–H groups in total. The van der Waals surface area contributed by atoms with Gasteiger partial charge in [0.05, 0.1) is 0 Å². The van der Waals surface area contributed by atoms with E-state index in [2.05, 4.69) is 33.0 Å². The molecular formula is C12H27NO. The maximum absolute atomic E-state index is 5.49. The number of hydrogen-bond donors (Lipinski definition) is 1. The fraction of sp³-hybridized carbons (Fsp3) is 1.00. The Labute approximate surface area is 89.4 Å². The van der Waals surface area contributed by atoms with E-state index < -0.39 is 0 Å². The molecule has 0 aliphatic rings. The first-order valence-electron chi connectivity index (χ1n) is 6.01. The van der Waals surface area contributed by atoms with Crippen molar-refractivity contribution >= 4 is 0 Å². The lowest BCUT2D eigenvalue weighted by molar-refractivity contribution is 0.119. The summed E-state index contributed by atoms with van der Waals surface area (Å²) in [4.78, 5) is 0. The summed E-state index contributed by atoms with van der Waals surface area (Å²) in [6.07, 6.45) is 3.56. The molecule has 0 heterocycles. The quantitative estimate of drug-likeness (QED) is 0.579. The lowest BCUT2D eigenvalue weighted by Crippen LogP contribution is -2.29. The summed E-state index contributed by atoms with van der Waals surface area (Å²) in [6.45, 7) is 11.8. The molecule has 0 saturated carbocycles. The SMILES string of the molecule is CCCOCCC(CC)CNC(C)C.